The normalized spacial score (nSPS) is 16.1. The Morgan fingerprint density at radius 3 is 2.89 bits per heavy atom. The van der Waals surface area contributed by atoms with Crippen LogP contribution in [0.3, 0.4) is 0 Å². The van der Waals surface area contributed by atoms with Gasteiger partial charge < -0.3 is 26.0 Å². The summed E-state index contributed by atoms with van der Waals surface area (Å²) in [6, 6.07) is 14.1. The molecule has 4 aromatic rings. The fourth-order valence-corrected chi connectivity index (χ4v) is 4.39. The van der Waals surface area contributed by atoms with Gasteiger partial charge >= 0.3 is 0 Å². The fraction of sp³-hybridized carbons (Fsp3) is 0.360. The summed E-state index contributed by atoms with van der Waals surface area (Å²) in [7, 11) is 1.68. The van der Waals surface area contributed by atoms with E-state index in [4.69, 9.17) is 15.5 Å². The molecule has 5 N–H and O–H groups in total. The molecule has 1 atom stereocenters. The molecule has 0 saturated carbocycles. The van der Waals surface area contributed by atoms with Gasteiger partial charge in [0.2, 0.25) is 0 Å². The van der Waals surface area contributed by atoms with Crippen LogP contribution in [0.5, 0.6) is 5.75 Å². The second-order valence-electron chi connectivity index (χ2n) is 9.09. The molecule has 10 heteroatoms. The maximum atomic E-state index is 6.02. The van der Waals surface area contributed by atoms with Crippen LogP contribution in [0, 0.1) is 5.92 Å². The Kier molecular flexibility index (Phi) is 6.37. The zero-order valence-corrected chi connectivity index (χ0v) is 20.2. The lowest BCUT2D eigenvalue weighted by Crippen LogP contribution is -2.53. The summed E-state index contributed by atoms with van der Waals surface area (Å²) in [5.74, 6) is 3.76. The molecule has 1 fully saturated rings. The molecule has 10 nitrogen and oxygen atoms in total. The van der Waals surface area contributed by atoms with Crippen LogP contribution in [-0.2, 0) is 6.54 Å². The maximum Gasteiger partial charge on any atom is 0.192 e. The molecule has 2 aromatic heterocycles. The molecule has 35 heavy (non-hydrogen) atoms. The molecule has 5 rings (SSSR count). The molecular weight excluding hydrogens is 442 g/mol. The minimum Gasteiger partial charge on any atom is -0.496 e. The van der Waals surface area contributed by atoms with E-state index in [2.05, 4.69) is 49.8 Å². The fourth-order valence-electron chi connectivity index (χ4n) is 4.39. The van der Waals surface area contributed by atoms with Crippen LogP contribution in [-0.4, -0.2) is 58.2 Å². The van der Waals surface area contributed by atoms with Crippen LogP contribution >= 0.6 is 0 Å². The second kappa shape index (κ2) is 9.75. The number of piperazine rings is 1. The number of methoxy groups -OCH3 is 1. The zero-order chi connectivity index (χ0) is 24.4. The standard InChI is InChI=1S/C25H31N9O/c1-15(2)20-14-34(11-10-27-20)25-24(28-13-17-6-4-5-7-21(17)35-3)33-32-23(29-25)16-8-9-19-18(12-16)22(26)31-30-19/h4-9,12,15,20,27H,10-11,13-14H2,1-3H3,(H,28,33)(H3,26,30,31)/t20-/m1/s1. The number of nitrogen functional groups attached to an aromatic ring is 1. The van der Waals surface area contributed by atoms with Crippen LogP contribution < -0.4 is 26.0 Å². The SMILES string of the molecule is COc1ccccc1CNc1nnc(-c2ccc3[nH]nc(N)c3c2)nc1N1CCN[C@@H](C(C)C)C1. The molecule has 0 bridgehead atoms. The van der Waals surface area contributed by atoms with Gasteiger partial charge in [-0.15, -0.1) is 10.2 Å². The first-order valence-corrected chi connectivity index (χ1v) is 11.9. The van der Waals surface area contributed by atoms with E-state index >= 15 is 0 Å². The van der Waals surface area contributed by atoms with Crippen LogP contribution in [0.4, 0.5) is 17.5 Å². The lowest BCUT2D eigenvalue weighted by Gasteiger charge is -2.37. The Morgan fingerprint density at radius 1 is 1.20 bits per heavy atom. The van der Waals surface area contributed by atoms with Gasteiger partial charge in [0, 0.05) is 48.7 Å². The number of nitrogens with two attached hydrogens (primary N) is 1. The van der Waals surface area contributed by atoms with Crippen molar-refractivity contribution >= 4 is 28.4 Å². The molecule has 0 amide bonds. The summed E-state index contributed by atoms with van der Waals surface area (Å²) in [6.07, 6.45) is 0. The summed E-state index contributed by atoms with van der Waals surface area (Å²) < 4.78 is 5.51. The van der Waals surface area contributed by atoms with Gasteiger partial charge in [-0.2, -0.15) is 5.10 Å². The highest BCUT2D eigenvalue weighted by Gasteiger charge is 2.26. The van der Waals surface area contributed by atoms with E-state index in [-0.39, 0.29) is 0 Å². The quantitative estimate of drug-likeness (QED) is 0.320. The van der Waals surface area contributed by atoms with Crippen LogP contribution in [0.15, 0.2) is 42.5 Å². The van der Waals surface area contributed by atoms with Crippen molar-refractivity contribution in [3.8, 4) is 17.1 Å². The van der Waals surface area contributed by atoms with Crippen molar-refractivity contribution < 1.29 is 4.74 Å². The molecule has 1 saturated heterocycles. The van der Waals surface area contributed by atoms with Crippen molar-refractivity contribution in [2.75, 3.05) is 42.7 Å². The average molecular weight is 474 g/mol. The largest absolute Gasteiger partial charge is 0.496 e. The van der Waals surface area contributed by atoms with Crippen LogP contribution in [0.1, 0.15) is 19.4 Å². The molecule has 0 aliphatic carbocycles. The summed E-state index contributed by atoms with van der Waals surface area (Å²) in [4.78, 5) is 7.28. The number of nitrogens with zero attached hydrogens (tertiary/aromatic N) is 5. The molecule has 3 heterocycles. The Bertz CT molecular complexity index is 1320. The number of ether oxygens (including phenoxy) is 1. The highest BCUT2D eigenvalue weighted by atomic mass is 16.5. The summed E-state index contributed by atoms with van der Waals surface area (Å²) in [5, 5.41) is 24.0. The summed E-state index contributed by atoms with van der Waals surface area (Å²) in [5.41, 5.74) is 8.77. The molecule has 182 valence electrons. The van der Waals surface area contributed by atoms with E-state index in [1.165, 1.54) is 0 Å². The van der Waals surface area contributed by atoms with E-state index in [9.17, 15) is 0 Å². The van der Waals surface area contributed by atoms with Crippen LogP contribution in [0.25, 0.3) is 22.3 Å². The number of H-pyrrole nitrogens is 1. The highest BCUT2D eigenvalue weighted by molar-refractivity contribution is 5.91. The van der Waals surface area contributed by atoms with Crippen molar-refractivity contribution in [2.45, 2.75) is 26.4 Å². The molecule has 0 unspecified atom stereocenters. The van der Waals surface area contributed by atoms with Crippen molar-refractivity contribution in [1.29, 1.82) is 0 Å². The Hall–Kier alpha value is -3.92. The molecule has 1 aliphatic heterocycles. The second-order valence-corrected chi connectivity index (χ2v) is 9.09. The van der Waals surface area contributed by atoms with Gasteiger partial charge in [0.25, 0.3) is 0 Å². The third-order valence-electron chi connectivity index (χ3n) is 6.47. The van der Waals surface area contributed by atoms with Crippen LogP contribution in [0.2, 0.25) is 0 Å². The number of fused-ring (bicyclic) bond motifs is 1. The number of nitrogens with one attached hydrogen (secondary N) is 3. The van der Waals surface area contributed by atoms with Gasteiger partial charge in [-0.3, -0.25) is 5.10 Å². The average Bonchev–Trinajstić information content (AvgIpc) is 3.27. The highest BCUT2D eigenvalue weighted by Crippen LogP contribution is 2.29. The summed E-state index contributed by atoms with van der Waals surface area (Å²) in [6.45, 7) is 7.56. The first-order valence-electron chi connectivity index (χ1n) is 11.9. The molecule has 0 radical (unpaired) electrons. The minimum absolute atomic E-state index is 0.367. The molecule has 1 aliphatic rings. The van der Waals surface area contributed by atoms with Gasteiger partial charge in [-0.25, -0.2) is 4.98 Å². The van der Waals surface area contributed by atoms with E-state index in [1.807, 2.05) is 42.5 Å². The first-order chi connectivity index (χ1) is 17.0. The monoisotopic (exact) mass is 473 g/mol. The number of anilines is 3. The lowest BCUT2D eigenvalue weighted by atomic mass is 10.0. The van der Waals surface area contributed by atoms with E-state index in [0.717, 1.165) is 53.2 Å². The number of aromatic nitrogens is 5. The number of para-hydroxylation sites is 1. The van der Waals surface area contributed by atoms with Crippen molar-refractivity contribution in [2.24, 2.45) is 5.92 Å². The van der Waals surface area contributed by atoms with E-state index in [0.29, 0.717) is 36.0 Å². The Labute approximate surface area is 204 Å². The maximum absolute atomic E-state index is 6.02. The zero-order valence-electron chi connectivity index (χ0n) is 20.2. The first kappa shape index (κ1) is 22.9. The minimum atomic E-state index is 0.367. The Morgan fingerprint density at radius 2 is 2.06 bits per heavy atom. The topological polar surface area (TPSA) is 130 Å². The molecule has 0 spiro atoms. The number of aromatic amines is 1. The Balaban J connectivity index is 1.50. The van der Waals surface area contributed by atoms with Gasteiger partial charge in [0.1, 0.15) is 5.75 Å². The van der Waals surface area contributed by atoms with Gasteiger partial charge in [0.05, 0.1) is 12.6 Å². The number of hydrogen-bond acceptors (Lipinski definition) is 9. The van der Waals surface area contributed by atoms with Gasteiger partial charge in [0.15, 0.2) is 23.3 Å². The van der Waals surface area contributed by atoms with Gasteiger partial charge in [-0.1, -0.05) is 32.0 Å². The third kappa shape index (κ3) is 4.69. The van der Waals surface area contributed by atoms with E-state index < -0.39 is 0 Å². The summed E-state index contributed by atoms with van der Waals surface area (Å²) >= 11 is 0. The van der Waals surface area contributed by atoms with Gasteiger partial charge in [-0.05, 0) is 30.2 Å². The molecular formula is C25H31N9O. The number of hydrogen-bond donors (Lipinski definition) is 4. The smallest absolute Gasteiger partial charge is 0.192 e. The van der Waals surface area contributed by atoms with Crippen molar-refractivity contribution in [3.63, 3.8) is 0 Å². The van der Waals surface area contributed by atoms with E-state index in [1.54, 1.807) is 7.11 Å². The number of rotatable bonds is 7. The lowest BCUT2D eigenvalue weighted by molar-refractivity contribution is 0.367. The predicted molar refractivity (Wildman–Crippen MR) is 138 cm³/mol. The van der Waals surface area contributed by atoms with Crippen molar-refractivity contribution in [3.05, 3.63) is 48.0 Å². The van der Waals surface area contributed by atoms with Crippen molar-refractivity contribution in [1.82, 2.24) is 30.7 Å². The third-order valence-corrected chi connectivity index (χ3v) is 6.47. The molecule has 2 aromatic carbocycles. The predicted octanol–water partition coefficient (Wildman–Crippen LogP) is 3.05. The number of benzene rings is 2.